The summed E-state index contributed by atoms with van der Waals surface area (Å²) in [7, 11) is 0. The minimum Gasteiger partial charge on any atom is -0.478 e. The molecule has 3 rings (SSSR count). The van der Waals surface area contributed by atoms with E-state index < -0.39 is 23.4 Å². The quantitative estimate of drug-likeness (QED) is 0.801. The smallest absolute Gasteiger partial charge is 0.340 e. The third-order valence-corrected chi connectivity index (χ3v) is 4.53. The van der Waals surface area contributed by atoms with Gasteiger partial charge in [-0.1, -0.05) is 12.5 Å². The highest BCUT2D eigenvalue weighted by Crippen LogP contribution is 2.44. The van der Waals surface area contributed by atoms with E-state index in [9.17, 15) is 14.0 Å². The number of carbonyl (C=O) groups is 2. The largest absolute Gasteiger partial charge is 0.478 e. The van der Waals surface area contributed by atoms with Crippen molar-refractivity contribution in [1.29, 1.82) is 0 Å². The molecule has 2 aliphatic carbocycles. The molecule has 0 saturated heterocycles. The third kappa shape index (κ3) is 2.70. The number of amides is 2. The number of carboxylic acid groups (broad SMARTS) is 1. The number of urea groups is 1. The van der Waals surface area contributed by atoms with E-state index in [1.165, 1.54) is 18.6 Å². The Kier molecular flexibility index (Phi) is 3.53. The van der Waals surface area contributed by atoms with Gasteiger partial charge in [0.25, 0.3) is 0 Å². The van der Waals surface area contributed by atoms with Gasteiger partial charge in [-0.25, -0.2) is 14.0 Å². The Hall–Kier alpha value is -2.11. The van der Waals surface area contributed by atoms with Gasteiger partial charge in [-0.3, -0.25) is 0 Å². The van der Waals surface area contributed by atoms with E-state index in [2.05, 4.69) is 10.6 Å². The predicted molar refractivity (Wildman–Crippen MR) is 74.7 cm³/mol. The molecule has 0 radical (unpaired) electrons. The monoisotopic (exact) mass is 292 g/mol. The van der Waals surface area contributed by atoms with E-state index in [4.69, 9.17) is 5.11 Å². The van der Waals surface area contributed by atoms with E-state index in [1.807, 2.05) is 0 Å². The van der Waals surface area contributed by atoms with Crippen molar-refractivity contribution in [3.63, 3.8) is 0 Å². The van der Waals surface area contributed by atoms with Crippen LogP contribution in [0.15, 0.2) is 18.2 Å². The Labute approximate surface area is 121 Å². The summed E-state index contributed by atoms with van der Waals surface area (Å²) >= 11 is 0. The van der Waals surface area contributed by atoms with Gasteiger partial charge < -0.3 is 15.7 Å². The van der Waals surface area contributed by atoms with Crippen molar-refractivity contribution in [1.82, 2.24) is 5.32 Å². The molecular formula is C15H17FN2O3. The van der Waals surface area contributed by atoms with Gasteiger partial charge in [0.1, 0.15) is 11.4 Å². The van der Waals surface area contributed by atoms with Crippen molar-refractivity contribution in [2.24, 2.45) is 11.8 Å². The molecule has 0 aromatic heterocycles. The van der Waals surface area contributed by atoms with Gasteiger partial charge in [0.05, 0.1) is 5.69 Å². The predicted octanol–water partition coefficient (Wildman–Crippen LogP) is 2.83. The highest BCUT2D eigenvalue weighted by atomic mass is 19.1. The number of fused-ring (bicyclic) bond motifs is 2. The summed E-state index contributed by atoms with van der Waals surface area (Å²) in [6, 6.07) is 3.48. The Morgan fingerprint density at radius 3 is 2.67 bits per heavy atom. The van der Waals surface area contributed by atoms with Crippen LogP contribution in [-0.4, -0.2) is 23.1 Å². The van der Waals surface area contributed by atoms with Crippen LogP contribution in [0.1, 0.15) is 36.0 Å². The summed E-state index contributed by atoms with van der Waals surface area (Å²) in [6.07, 6.45) is 4.51. The minimum absolute atomic E-state index is 0.0249. The highest BCUT2D eigenvalue weighted by Gasteiger charge is 2.40. The zero-order valence-electron chi connectivity index (χ0n) is 11.4. The van der Waals surface area contributed by atoms with Crippen molar-refractivity contribution in [3.8, 4) is 0 Å². The first-order valence-corrected chi connectivity index (χ1v) is 7.14. The summed E-state index contributed by atoms with van der Waals surface area (Å²) in [5.41, 5.74) is -0.538. The molecule has 5 nitrogen and oxygen atoms in total. The lowest BCUT2D eigenvalue weighted by molar-refractivity contribution is 0.0693. The van der Waals surface area contributed by atoms with Gasteiger partial charge >= 0.3 is 12.0 Å². The summed E-state index contributed by atoms with van der Waals surface area (Å²) in [4.78, 5) is 23.1. The maximum atomic E-state index is 13.5. The molecule has 1 aromatic rings. The Balaban J connectivity index is 1.68. The summed E-state index contributed by atoms with van der Waals surface area (Å²) in [5.74, 6) is -1.04. The molecule has 2 fully saturated rings. The van der Waals surface area contributed by atoms with E-state index in [1.54, 1.807) is 0 Å². The minimum atomic E-state index is -1.40. The summed E-state index contributed by atoms with van der Waals surface area (Å²) in [6.45, 7) is 0. The second-order valence-electron chi connectivity index (χ2n) is 5.85. The first-order chi connectivity index (χ1) is 10.0. The molecule has 2 amide bonds. The number of halogens is 1. The van der Waals surface area contributed by atoms with Gasteiger partial charge in [-0.05, 0) is 43.2 Å². The number of hydrogen-bond donors (Lipinski definition) is 3. The van der Waals surface area contributed by atoms with Crippen molar-refractivity contribution in [3.05, 3.63) is 29.6 Å². The number of carbonyl (C=O) groups excluding carboxylic acids is 1. The molecule has 2 saturated carbocycles. The van der Waals surface area contributed by atoms with Crippen molar-refractivity contribution >= 4 is 17.7 Å². The van der Waals surface area contributed by atoms with E-state index in [-0.39, 0.29) is 11.7 Å². The number of benzene rings is 1. The number of carboxylic acids is 1. The lowest BCUT2D eigenvalue weighted by Crippen LogP contribution is -2.41. The summed E-state index contributed by atoms with van der Waals surface area (Å²) in [5, 5.41) is 14.3. The second kappa shape index (κ2) is 5.35. The van der Waals surface area contributed by atoms with Crippen LogP contribution in [0.5, 0.6) is 0 Å². The molecule has 1 aromatic carbocycles. The number of nitrogens with one attached hydrogen (secondary N) is 2. The molecule has 2 aliphatic rings. The number of aromatic carboxylic acids is 1. The number of hydrogen-bond acceptors (Lipinski definition) is 2. The van der Waals surface area contributed by atoms with Crippen LogP contribution in [0.2, 0.25) is 0 Å². The van der Waals surface area contributed by atoms with Crippen molar-refractivity contribution in [2.75, 3.05) is 5.32 Å². The van der Waals surface area contributed by atoms with Gasteiger partial charge in [0, 0.05) is 6.04 Å². The molecule has 21 heavy (non-hydrogen) atoms. The first kappa shape index (κ1) is 13.9. The Bertz CT molecular complexity index is 590. The normalized spacial score (nSPS) is 26.6. The van der Waals surface area contributed by atoms with Crippen LogP contribution in [0.3, 0.4) is 0 Å². The van der Waals surface area contributed by atoms with E-state index in [0.717, 1.165) is 25.3 Å². The molecular weight excluding hydrogens is 275 g/mol. The molecule has 3 atom stereocenters. The Morgan fingerprint density at radius 1 is 1.24 bits per heavy atom. The summed E-state index contributed by atoms with van der Waals surface area (Å²) < 4.78 is 13.5. The molecule has 112 valence electrons. The lowest BCUT2D eigenvalue weighted by Gasteiger charge is -2.23. The number of anilines is 1. The van der Waals surface area contributed by atoms with E-state index in [0.29, 0.717) is 11.8 Å². The van der Waals surface area contributed by atoms with Crippen molar-refractivity contribution < 1.29 is 19.1 Å². The molecule has 3 N–H and O–H groups in total. The van der Waals surface area contributed by atoms with Gasteiger partial charge in [0.2, 0.25) is 0 Å². The van der Waals surface area contributed by atoms with Gasteiger partial charge in [-0.2, -0.15) is 0 Å². The molecule has 0 spiro atoms. The fourth-order valence-corrected chi connectivity index (χ4v) is 3.59. The van der Waals surface area contributed by atoms with Crippen LogP contribution >= 0.6 is 0 Å². The molecule has 0 heterocycles. The zero-order valence-corrected chi connectivity index (χ0v) is 11.4. The average Bonchev–Trinajstić information content (AvgIpc) is 3.00. The fourth-order valence-electron chi connectivity index (χ4n) is 3.59. The topological polar surface area (TPSA) is 78.4 Å². The maximum Gasteiger partial charge on any atom is 0.340 e. The average molecular weight is 292 g/mol. The first-order valence-electron chi connectivity index (χ1n) is 7.14. The van der Waals surface area contributed by atoms with Crippen LogP contribution in [-0.2, 0) is 0 Å². The van der Waals surface area contributed by atoms with E-state index >= 15 is 0 Å². The molecule has 2 bridgehead atoms. The standard InChI is InChI=1S/C15H17FN2O3/c16-10-2-1-3-11(13(10)14(19)20)17-15(21)18-12-7-8-4-5-9(12)6-8/h1-3,8-9,12H,4-7H2,(H,19,20)(H2,17,18,21). The number of rotatable bonds is 3. The maximum absolute atomic E-state index is 13.5. The van der Waals surface area contributed by atoms with Gasteiger partial charge in [0.15, 0.2) is 0 Å². The lowest BCUT2D eigenvalue weighted by atomic mass is 9.95. The molecule has 6 heteroatoms. The fraction of sp³-hybridized carbons (Fsp3) is 0.467. The van der Waals surface area contributed by atoms with Crippen LogP contribution < -0.4 is 10.6 Å². The molecule has 3 unspecified atom stereocenters. The Morgan fingerprint density at radius 2 is 2.05 bits per heavy atom. The second-order valence-corrected chi connectivity index (χ2v) is 5.85. The SMILES string of the molecule is O=C(Nc1cccc(F)c1C(=O)O)NC1CC2CCC1C2. The van der Waals surface area contributed by atoms with Crippen molar-refractivity contribution in [2.45, 2.75) is 31.7 Å². The molecule has 0 aliphatic heterocycles. The zero-order chi connectivity index (χ0) is 15.0. The third-order valence-electron chi connectivity index (χ3n) is 4.53. The van der Waals surface area contributed by atoms with Crippen LogP contribution in [0.4, 0.5) is 14.9 Å². The van der Waals surface area contributed by atoms with Crippen LogP contribution in [0, 0.1) is 17.7 Å². The van der Waals surface area contributed by atoms with Gasteiger partial charge in [-0.15, -0.1) is 0 Å². The highest BCUT2D eigenvalue weighted by molar-refractivity contribution is 6.00. The van der Waals surface area contributed by atoms with Crippen LogP contribution in [0.25, 0.3) is 0 Å².